The fourth-order valence-electron chi connectivity index (χ4n) is 2.09. The molecule has 1 heterocycles. The van der Waals surface area contributed by atoms with E-state index in [-0.39, 0.29) is 12.1 Å². The lowest BCUT2D eigenvalue weighted by Gasteiger charge is -2.23. The molecule has 0 aliphatic carbocycles. The number of hydrogen-bond acceptors (Lipinski definition) is 4. The Morgan fingerprint density at radius 3 is 2.81 bits per heavy atom. The molecular formula is C16H25N3O2. The van der Waals surface area contributed by atoms with E-state index in [1.54, 1.807) is 0 Å². The summed E-state index contributed by atoms with van der Waals surface area (Å²) in [5, 5.41) is 14.2. The Morgan fingerprint density at radius 1 is 1.38 bits per heavy atom. The molecule has 0 aliphatic heterocycles. The van der Waals surface area contributed by atoms with Gasteiger partial charge in [-0.15, -0.1) is 0 Å². The smallest absolute Gasteiger partial charge is 0.128 e. The van der Waals surface area contributed by atoms with E-state index in [2.05, 4.69) is 31.1 Å². The number of benzene rings is 1. The molecule has 0 fully saturated rings. The van der Waals surface area contributed by atoms with E-state index >= 15 is 0 Å². The zero-order chi connectivity index (χ0) is 15.5. The van der Waals surface area contributed by atoms with Crippen LogP contribution in [0, 0.1) is 0 Å². The molecule has 116 valence electrons. The van der Waals surface area contributed by atoms with Crippen LogP contribution < -0.4 is 15.8 Å². The quantitative estimate of drug-likeness (QED) is 0.653. The van der Waals surface area contributed by atoms with Gasteiger partial charge in [0.2, 0.25) is 0 Å². The Morgan fingerprint density at radius 2 is 2.14 bits per heavy atom. The Bertz CT molecular complexity index is 587. The van der Waals surface area contributed by atoms with Crippen molar-refractivity contribution in [1.29, 1.82) is 0 Å². The van der Waals surface area contributed by atoms with Crippen LogP contribution in [0.15, 0.2) is 24.3 Å². The van der Waals surface area contributed by atoms with Crippen LogP contribution in [0.25, 0.3) is 10.9 Å². The average Bonchev–Trinajstić information content (AvgIpc) is 2.85. The summed E-state index contributed by atoms with van der Waals surface area (Å²) in [6, 6.07) is 7.80. The molecule has 0 radical (unpaired) electrons. The number of hydrogen-bond donors (Lipinski definition) is 4. The normalized spacial score (nSPS) is 13.6. The van der Waals surface area contributed by atoms with Gasteiger partial charge in [0.1, 0.15) is 18.5 Å². The predicted octanol–water partition coefficient (Wildman–Crippen LogP) is 1.75. The monoisotopic (exact) mass is 291 g/mol. The SMILES string of the molecule is CC(C)(C)NC[C@H](O)COc1cccc2[nH]c(CN)cc12. The second kappa shape index (κ2) is 6.47. The zero-order valence-electron chi connectivity index (χ0n) is 12.9. The van der Waals surface area contributed by atoms with Crippen molar-refractivity contribution in [2.45, 2.75) is 39.0 Å². The number of ether oxygens (including phenoxy) is 1. The highest BCUT2D eigenvalue weighted by Crippen LogP contribution is 2.26. The third-order valence-corrected chi connectivity index (χ3v) is 3.20. The first-order chi connectivity index (χ1) is 9.89. The van der Waals surface area contributed by atoms with E-state index in [0.29, 0.717) is 13.1 Å². The van der Waals surface area contributed by atoms with Crippen molar-refractivity contribution >= 4 is 10.9 Å². The lowest BCUT2D eigenvalue weighted by molar-refractivity contribution is 0.101. The molecule has 2 aromatic rings. The summed E-state index contributed by atoms with van der Waals surface area (Å²) in [7, 11) is 0. The van der Waals surface area contributed by atoms with Crippen molar-refractivity contribution < 1.29 is 9.84 Å². The number of aliphatic hydroxyl groups is 1. The van der Waals surface area contributed by atoms with Crippen LogP contribution in [0.3, 0.4) is 0 Å². The minimum Gasteiger partial charge on any atom is -0.490 e. The number of nitrogens with two attached hydrogens (primary N) is 1. The molecule has 0 unspecified atom stereocenters. The van der Waals surface area contributed by atoms with Gasteiger partial charge in [-0.05, 0) is 39.0 Å². The van der Waals surface area contributed by atoms with Gasteiger partial charge in [-0.25, -0.2) is 0 Å². The molecule has 5 N–H and O–H groups in total. The van der Waals surface area contributed by atoms with Crippen LogP contribution in [-0.2, 0) is 6.54 Å². The molecule has 0 bridgehead atoms. The summed E-state index contributed by atoms with van der Waals surface area (Å²) < 4.78 is 5.75. The summed E-state index contributed by atoms with van der Waals surface area (Å²) in [4.78, 5) is 3.24. The summed E-state index contributed by atoms with van der Waals surface area (Å²) in [5.41, 5.74) is 7.59. The number of fused-ring (bicyclic) bond motifs is 1. The minimum absolute atomic E-state index is 0.0162. The van der Waals surface area contributed by atoms with Crippen LogP contribution in [-0.4, -0.2) is 34.9 Å². The number of rotatable bonds is 6. The maximum atomic E-state index is 9.98. The maximum absolute atomic E-state index is 9.98. The molecule has 0 saturated heterocycles. The first-order valence-electron chi connectivity index (χ1n) is 7.25. The molecule has 0 amide bonds. The lowest BCUT2D eigenvalue weighted by atomic mass is 10.1. The molecule has 1 aromatic heterocycles. The summed E-state index contributed by atoms with van der Waals surface area (Å²) in [6.07, 6.45) is -0.549. The van der Waals surface area contributed by atoms with Crippen molar-refractivity contribution in [3.63, 3.8) is 0 Å². The van der Waals surface area contributed by atoms with E-state index in [0.717, 1.165) is 22.3 Å². The molecule has 0 spiro atoms. The van der Waals surface area contributed by atoms with Crippen molar-refractivity contribution in [1.82, 2.24) is 10.3 Å². The summed E-state index contributed by atoms with van der Waals surface area (Å²) in [6.45, 7) is 7.42. The van der Waals surface area contributed by atoms with Gasteiger partial charge in [-0.3, -0.25) is 0 Å². The number of β-amino-alcohol motifs (C(OH)–C–C–N with tert-alkyl or cyclic N) is 1. The van der Waals surface area contributed by atoms with E-state index in [4.69, 9.17) is 10.5 Å². The molecular weight excluding hydrogens is 266 g/mol. The number of aromatic nitrogens is 1. The van der Waals surface area contributed by atoms with E-state index in [1.165, 1.54) is 0 Å². The fraction of sp³-hybridized carbons (Fsp3) is 0.500. The second-order valence-electron chi connectivity index (χ2n) is 6.31. The fourth-order valence-corrected chi connectivity index (χ4v) is 2.09. The van der Waals surface area contributed by atoms with Crippen molar-refractivity contribution in [2.24, 2.45) is 5.73 Å². The van der Waals surface area contributed by atoms with Gasteiger partial charge >= 0.3 is 0 Å². The van der Waals surface area contributed by atoms with E-state index < -0.39 is 6.10 Å². The zero-order valence-corrected chi connectivity index (χ0v) is 12.9. The number of H-pyrrole nitrogens is 1. The van der Waals surface area contributed by atoms with Gasteiger partial charge in [0.05, 0.1) is 0 Å². The van der Waals surface area contributed by atoms with Gasteiger partial charge < -0.3 is 25.9 Å². The molecule has 21 heavy (non-hydrogen) atoms. The van der Waals surface area contributed by atoms with E-state index in [9.17, 15) is 5.11 Å². The summed E-state index contributed by atoms with van der Waals surface area (Å²) in [5.74, 6) is 0.762. The van der Waals surface area contributed by atoms with Gasteiger partial charge in [0, 0.05) is 35.2 Å². The Labute approximate surface area is 125 Å². The standard InChI is InChI=1S/C16H25N3O2/c1-16(2,3)18-9-12(20)10-21-15-6-4-5-14-13(15)7-11(8-17)19-14/h4-7,12,18-20H,8-10,17H2,1-3H3/t12-/m0/s1. The topological polar surface area (TPSA) is 83.3 Å². The average molecular weight is 291 g/mol. The molecule has 0 saturated carbocycles. The van der Waals surface area contributed by atoms with Gasteiger partial charge in [0.25, 0.3) is 0 Å². The highest BCUT2D eigenvalue weighted by atomic mass is 16.5. The molecule has 1 aromatic carbocycles. The Hall–Kier alpha value is -1.56. The van der Waals surface area contributed by atoms with Crippen molar-refractivity contribution in [3.8, 4) is 5.75 Å². The van der Waals surface area contributed by atoms with Crippen molar-refractivity contribution in [2.75, 3.05) is 13.2 Å². The first-order valence-corrected chi connectivity index (χ1v) is 7.25. The van der Waals surface area contributed by atoms with Gasteiger partial charge in [0.15, 0.2) is 0 Å². The predicted molar refractivity (Wildman–Crippen MR) is 85.4 cm³/mol. The van der Waals surface area contributed by atoms with Crippen molar-refractivity contribution in [3.05, 3.63) is 30.0 Å². The number of nitrogens with one attached hydrogen (secondary N) is 2. The van der Waals surface area contributed by atoms with Crippen LogP contribution in [0.1, 0.15) is 26.5 Å². The largest absolute Gasteiger partial charge is 0.490 e. The number of aromatic amines is 1. The third kappa shape index (κ3) is 4.46. The molecule has 2 rings (SSSR count). The van der Waals surface area contributed by atoms with Crippen LogP contribution in [0.5, 0.6) is 5.75 Å². The molecule has 1 atom stereocenters. The van der Waals surface area contributed by atoms with Gasteiger partial charge in [-0.2, -0.15) is 0 Å². The van der Waals surface area contributed by atoms with Gasteiger partial charge in [-0.1, -0.05) is 6.07 Å². The lowest BCUT2D eigenvalue weighted by Crippen LogP contribution is -2.42. The molecule has 5 heteroatoms. The van der Waals surface area contributed by atoms with E-state index in [1.807, 2.05) is 24.3 Å². The highest BCUT2D eigenvalue weighted by Gasteiger charge is 2.13. The minimum atomic E-state index is -0.549. The maximum Gasteiger partial charge on any atom is 0.128 e. The highest BCUT2D eigenvalue weighted by molar-refractivity contribution is 5.86. The first kappa shape index (κ1) is 15.8. The Balaban J connectivity index is 1.98. The number of aliphatic hydroxyl groups excluding tert-OH is 1. The Kier molecular flexibility index (Phi) is 4.88. The molecule has 0 aliphatic rings. The van der Waals surface area contributed by atoms with Crippen LogP contribution in [0.4, 0.5) is 0 Å². The van der Waals surface area contributed by atoms with Crippen LogP contribution in [0.2, 0.25) is 0 Å². The molecule has 5 nitrogen and oxygen atoms in total. The second-order valence-corrected chi connectivity index (χ2v) is 6.31. The summed E-state index contributed by atoms with van der Waals surface area (Å²) >= 11 is 0. The third-order valence-electron chi connectivity index (χ3n) is 3.20. The van der Waals surface area contributed by atoms with Crippen LogP contribution >= 0.6 is 0 Å².